The molecule has 1 heterocycles. The van der Waals surface area contributed by atoms with E-state index >= 15 is 0 Å². The molecule has 1 aromatic carbocycles. The van der Waals surface area contributed by atoms with Crippen LogP contribution in [0.15, 0.2) is 36.9 Å². The minimum absolute atomic E-state index is 0.0228. The summed E-state index contributed by atoms with van der Waals surface area (Å²) >= 11 is 6.05. The van der Waals surface area contributed by atoms with Crippen LogP contribution in [0, 0.1) is 5.82 Å². The van der Waals surface area contributed by atoms with Gasteiger partial charge in [-0.15, -0.1) is 0 Å². The Morgan fingerprint density at radius 3 is 1.84 bits per heavy atom. The Kier molecular flexibility index (Phi) is 11.4. The van der Waals surface area contributed by atoms with Gasteiger partial charge >= 0.3 is 23.9 Å². The number of aromatic nitrogens is 2. The Hall–Kier alpha value is -1.98. The Morgan fingerprint density at radius 2 is 1.29 bits per heavy atom. The predicted molar refractivity (Wildman–Crippen MR) is 122 cm³/mol. The number of nitrogens with zero attached hydrogens (tertiary/aromatic N) is 2. The smallest absolute Gasteiger partial charge is 0.237 e. The van der Waals surface area contributed by atoms with Crippen molar-refractivity contribution in [2.45, 2.75) is 101 Å². The molecule has 0 saturated heterocycles. The molecule has 1 aromatic heterocycles. The second kappa shape index (κ2) is 13.4. The van der Waals surface area contributed by atoms with Crippen LogP contribution in [-0.2, 0) is 13.1 Å². The number of unbranched alkanes of at least 4 members (excludes halogenated alkanes) is 8. The summed E-state index contributed by atoms with van der Waals surface area (Å²) in [5.41, 5.74) is 0.409. The van der Waals surface area contributed by atoms with Gasteiger partial charge in [0.25, 0.3) is 0 Å². The summed E-state index contributed by atoms with van der Waals surface area (Å²) in [4.78, 5) is 0. The number of benzene rings is 1. The van der Waals surface area contributed by atoms with Crippen molar-refractivity contribution in [1.29, 1.82) is 0 Å². The average Bonchev–Trinajstić information content (AvgIpc) is 3.26. The van der Waals surface area contributed by atoms with E-state index in [9.17, 15) is 43.9 Å². The normalized spacial score (nSPS) is 13.3. The van der Waals surface area contributed by atoms with E-state index in [1.54, 1.807) is 12.1 Å². The van der Waals surface area contributed by atoms with Gasteiger partial charge in [-0.2, -0.15) is 39.5 Å². The molecule has 0 spiro atoms. The van der Waals surface area contributed by atoms with Crippen LogP contribution in [0.4, 0.5) is 43.9 Å². The number of hydrogen-bond acceptors (Lipinski definition) is 0. The number of rotatable bonds is 16. The SMILES string of the molecule is Fc1cccc(Cl)c1C[n+]1ccn(CCCCCCCCCCCC(F)(F)C(F)(F)C(F)(F)C(F)(F)F)c1. The number of imidazole rings is 1. The summed E-state index contributed by atoms with van der Waals surface area (Å²) < 4.78 is 133. The fourth-order valence-electron chi connectivity index (χ4n) is 3.97. The molecule has 0 fully saturated rings. The van der Waals surface area contributed by atoms with Gasteiger partial charge in [0, 0.05) is 12.0 Å². The quantitative estimate of drug-likeness (QED) is 0.106. The van der Waals surface area contributed by atoms with Gasteiger partial charge in [0.15, 0.2) is 0 Å². The van der Waals surface area contributed by atoms with Crippen LogP contribution in [0.25, 0.3) is 0 Å². The van der Waals surface area contributed by atoms with Crippen LogP contribution in [0.2, 0.25) is 5.02 Å². The second-order valence-corrected chi connectivity index (χ2v) is 9.71. The molecule has 216 valence electrons. The predicted octanol–water partition coefficient (Wildman–Crippen LogP) is 8.99. The molecule has 38 heavy (non-hydrogen) atoms. The molecular weight excluding hydrogens is 554 g/mol. The molecule has 2 nitrogen and oxygen atoms in total. The third-order valence-corrected chi connectivity index (χ3v) is 6.62. The highest BCUT2D eigenvalue weighted by atomic mass is 35.5. The number of halogens is 11. The van der Waals surface area contributed by atoms with Crippen LogP contribution in [0.3, 0.4) is 0 Å². The average molecular weight is 584 g/mol. The van der Waals surface area contributed by atoms with Crippen LogP contribution in [0.5, 0.6) is 0 Å². The summed E-state index contributed by atoms with van der Waals surface area (Å²) in [7, 11) is 0. The summed E-state index contributed by atoms with van der Waals surface area (Å²) in [6, 6.07) is 4.52. The second-order valence-electron chi connectivity index (χ2n) is 9.31. The zero-order valence-electron chi connectivity index (χ0n) is 20.5. The monoisotopic (exact) mass is 583 g/mol. The molecule has 2 rings (SSSR count). The van der Waals surface area contributed by atoms with Crippen molar-refractivity contribution in [3.8, 4) is 0 Å². The molecular formula is C25H30ClF10N2+. The standard InChI is InChI=1S/C25H30ClF10N2/c26-20-11-10-12-21(27)19(20)17-38-16-15-37(18-38)14-9-7-5-3-1-2-4-6-8-13-22(28,29)23(30,31)24(32,33)25(34,35)36/h10-12,15-16,18H,1-9,13-14,17H2/q+1. The molecule has 0 unspecified atom stereocenters. The molecule has 0 aliphatic carbocycles. The van der Waals surface area contributed by atoms with Crippen molar-refractivity contribution in [2.24, 2.45) is 0 Å². The first kappa shape index (κ1) is 32.2. The Morgan fingerprint density at radius 1 is 0.737 bits per heavy atom. The molecule has 0 bridgehead atoms. The third kappa shape index (κ3) is 8.26. The third-order valence-electron chi connectivity index (χ3n) is 6.27. The summed E-state index contributed by atoms with van der Waals surface area (Å²) in [5, 5.41) is 0.357. The molecule has 0 atom stereocenters. The van der Waals surface area contributed by atoms with Crippen molar-refractivity contribution in [3.63, 3.8) is 0 Å². The van der Waals surface area contributed by atoms with E-state index in [0.717, 1.165) is 38.6 Å². The fourth-order valence-corrected chi connectivity index (χ4v) is 4.20. The van der Waals surface area contributed by atoms with E-state index in [1.807, 2.05) is 27.9 Å². The lowest BCUT2D eigenvalue weighted by Gasteiger charge is -2.33. The maximum Gasteiger partial charge on any atom is 0.460 e. The van der Waals surface area contributed by atoms with Gasteiger partial charge in [-0.05, 0) is 31.4 Å². The van der Waals surface area contributed by atoms with Gasteiger partial charge in [-0.3, -0.25) is 0 Å². The lowest BCUT2D eigenvalue weighted by Crippen LogP contribution is -2.60. The van der Waals surface area contributed by atoms with Gasteiger partial charge in [0.1, 0.15) is 24.8 Å². The van der Waals surface area contributed by atoms with E-state index in [4.69, 9.17) is 11.6 Å². The van der Waals surface area contributed by atoms with Gasteiger partial charge in [-0.1, -0.05) is 56.2 Å². The zero-order chi connectivity index (χ0) is 28.6. The molecule has 0 saturated carbocycles. The number of alkyl halides is 9. The van der Waals surface area contributed by atoms with Crippen molar-refractivity contribution in [1.82, 2.24) is 4.57 Å². The van der Waals surface area contributed by atoms with Crippen molar-refractivity contribution >= 4 is 11.6 Å². The van der Waals surface area contributed by atoms with Crippen molar-refractivity contribution < 1.29 is 48.5 Å². The highest BCUT2D eigenvalue weighted by Crippen LogP contribution is 2.54. The molecule has 0 aliphatic heterocycles. The van der Waals surface area contributed by atoms with Crippen molar-refractivity contribution in [3.05, 3.63) is 53.3 Å². The summed E-state index contributed by atoms with van der Waals surface area (Å²) in [6.07, 6.45) is 1.77. The molecule has 13 heteroatoms. The van der Waals surface area contributed by atoms with Gasteiger partial charge in [0.05, 0.1) is 11.6 Å². The highest BCUT2D eigenvalue weighted by Gasteiger charge is 2.81. The van der Waals surface area contributed by atoms with E-state index in [0.29, 0.717) is 30.0 Å². The largest absolute Gasteiger partial charge is 0.460 e. The number of aryl methyl sites for hydroxylation is 1. The minimum Gasteiger partial charge on any atom is -0.237 e. The molecule has 2 aromatic rings. The minimum atomic E-state index is -6.82. The Balaban J connectivity index is 1.56. The molecule has 0 amide bonds. The van der Waals surface area contributed by atoms with Crippen molar-refractivity contribution in [2.75, 3.05) is 0 Å². The summed E-state index contributed by atoms with van der Waals surface area (Å²) in [6.45, 7) is 1.06. The molecule has 0 radical (unpaired) electrons. The van der Waals surface area contributed by atoms with E-state index in [1.165, 1.54) is 6.07 Å². The lowest BCUT2D eigenvalue weighted by atomic mass is 9.97. The van der Waals surface area contributed by atoms with Gasteiger partial charge < -0.3 is 0 Å². The van der Waals surface area contributed by atoms with Crippen LogP contribution >= 0.6 is 11.6 Å². The maximum atomic E-state index is 13.9. The van der Waals surface area contributed by atoms with E-state index in [-0.39, 0.29) is 12.2 Å². The first-order chi connectivity index (χ1) is 17.6. The Labute approximate surface area is 219 Å². The first-order valence-electron chi connectivity index (χ1n) is 12.3. The lowest BCUT2D eigenvalue weighted by molar-refractivity contribution is -0.688. The molecule has 0 N–H and O–H groups in total. The van der Waals surface area contributed by atoms with Gasteiger partial charge in [0.2, 0.25) is 6.33 Å². The van der Waals surface area contributed by atoms with E-state index in [2.05, 4.69) is 0 Å². The molecule has 0 aliphatic rings. The Bertz CT molecular complexity index is 984. The van der Waals surface area contributed by atoms with Gasteiger partial charge in [-0.25, -0.2) is 13.5 Å². The maximum absolute atomic E-state index is 13.9. The summed E-state index contributed by atoms with van der Waals surface area (Å²) in [5.74, 6) is -19.2. The first-order valence-corrected chi connectivity index (χ1v) is 12.7. The van der Waals surface area contributed by atoms with Crippen LogP contribution < -0.4 is 4.57 Å². The highest BCUT2D eigenvalue weighted by molar-refractivity contribution is 6.31. The topological polar surface area (TPSA) is 8.81 Å². The van der Waals surface area contributed by atoms with Crippen LogP contribution in [0.1, 0.15) is 69.8 Å². The van der Waals surface area contributed by atoms with E-state index < -0.39 is 36.8 Å². The number of hydrogen-bond donors (Lipinski definition) is 0. The fraction of sp³-hybridized carbons (Fsp3) is 0.640. The van der Waals surface area contributed by atoms with Crippen LogP contribution in [-0.4, -0.2) is 28.5 Å². The zero-order valence-corrected chi connectivity index (χ0v) is 21.3.